The van der Waals surface area contributed by atoms with Crippen molar-refractivity contribution in [1.29, 1.82) is 0 Å². The minimum atomic E-state index is 0.0845. The van der Waals surface area contributed by atoms with E-state index < -0.39 is 0 Å². The van der Waals surface area contributed by atoms with E-state index in [2.05, 4.69) is 10.2 Å². The molecule has 0 heterocycles. The van der Waals surface area contributed by atoms with Gasteiger partial charge in [0, 0.05) is 13.0 Å². The molecular weight excluding hydrogens is 266 g/mol. The molecule has 0 saturated carbocycles. The molecule has 0 saturated heterocycles. The third-order valence-corrected chi connectivity index (χ3v) is 3.12. The fraction of sp³-hybridized carbons (Fsp3) is 0.562. The molecule has 0 spiro atoms. The van der Waals surface area contributed by atoms with Gasteiger partial charge in [0.1, 0.15) is 5.75 Å². The lowest BCUT2D eigenvalue weighted by Gasteiger charge is -2.10. The number of nitrogens with two attached hydrogens (primary N) is 1. The molecule has 0 atom stereocenters. The van der Waals surface area contributed by atoms with Gasteiger partial charge in [-0.25, -0.2) is 0 Å². The van der Waals surface area contributed by atoms with E-state index in [1.807, 2.05) is 39.2 Å². The molecule has 21 heavy (non-hydrogen) atoms. The number of hydrogen-bond acceptors (Lipinski definition) is 4. The Morgan fingerprint density at radius 1 is 1.38 bits per heavy atom. The summed E-state index contributed by atoms with van der Waals surface area (Å²) in [5, 5.41) is 2.93. The van der Waals surface area contributed by atoms with Crippen molar-refractivity contribution in [2.45, 2.75) is 26.2 Å². The number of carbonyl (C=O) groups excluding carboxylic acids is 1. The smallest absolute Gasteiger partial charge is 0.220 e. The molecule has 1 aromatic carbocycles. The summed E-state index contributed by atoms with van der Waals surface area (Å²) in [6, 6.07) is 5.70. The maximum Gasteiger partial charge on any atom is 0.220 e. The minimum Gasteiger partial charge on any atom is -0.492 e. The van der Waals surface area contributed by atoms with Crippen LogP contribution in [0.25, 0.3) is 0 Å². The van der Waals surface area contributed by atoms with Crippen LogP contribution in [0.1, 0.15) is 25.3 Å². The van der Waals surface area contributed by atoms with E-state index in [-0.39, 0.29) is 5.91 Å². The van der Waals surface area contributed by atoms with Crippen molar-refractivity contribution in [2.75, 3.05) is 39.5 Å². The lowest BCUT2D eigenvalue weighted by molar-refractivity contribution is -0.121. The molecule has 0 fully saturated rings. The van der Waals surface area contributed by atoms with Crippen LogP contribution in [-0.4, -0.2) is 44.6 Å². The number of hydrogen-bond donors (Lipinski definition) is 2. The lowest BCUT2D eigenvalue weighted by atomic mass is 10.1. The van der Waals surface area contributed by atoms with Crippen LogP contribution in [-0.2, 0) is 11.2 Å². The molecule has 5 nitrogen and oxygen atoms in total. The summed E-state index contributed by atoms with van der Waals surface area (Å²) in [6.45, 7) is 4.23. The number of anilines is 1. The van der Waals surface area contributed by atoms with Crippen LogP contribution < -0.4 is 15.8 Å². The van der Waals surface area contributed by atoms with Gasteiger partial charge in [-0.15, -0.1) is 0 Å². The van der Waals surface area contributed by atoms with Gasteiger partial charge in [-0.3, -0.25) is 4.79 Å². The number of amides is 1. The van der Waals surface area contributed by atoms with E-state index in [1.54, 1.807) is 0 Å². The first-order valence-electron chi connectivity index (χ1n) is 7.45. The molecule has 1 rings (SSSR count). The minimum absolute atomic E-state index is 0.0845. The van der Waals surface area contributed by atoms with Crippen molar-refractivity contribution >= 4 is 11.6 Å². The van der Waals surface area contributed by atoms with Gasteiger partial charge in [0.2, 0.25) is 5.91 Å². The number of carbonyl (C=O) groups is 1. The highest BCUT2D eigenvalue weighted by atomic mass is 16.5. The van der Waals surface area contributed by atoms with Crippen molar-refractivity contribution < 1.29 is 9.53 Å². The number of aryl methyl sites for hydroxylation is 1. The van der Waals surface area contributed by atoms with Crippen molar-refractivity contribution in [3.63, 3.8) is 0 Å². The van der Waals surface area contributed by atoms with Crippen molar-refractivity contribution in [2.24, 2.45) is 0 Å². The van der Waals surface area contributed by atoms with Gasteiger partial charge >= 0.3 is 0 Å². The Balaban J connectivity index is 2.31. The molecule has 3 N–H and O–H groups in total. The Kier molecular flexibility index (Phi) is 7.61. The topological polar surface area (TPSA) is 67.6 Å². The van der Waals surface area contributed by atoms with E-state index in [0.29, 0.717) is 30.9 Å². The summed E-state index contributed by atoms with van der Waals surface area (Å²) >= 11 is 0. The molecule has 1 aromatic rings. The second kappa shape index (κ2) is 9.23. The Labute approximate surface area is 127 Å². The lowest BCUT2D eigenvalue weighted by Crippen LogP contribution is -2.27. The van der Waals surface area contributed by atoms with Crippen molar-refractivity contribution in [1.82, 2.24) is 10.2 Å². The summed E-state index contributed by atoms with van der Waals surface area (Å²) in [4.78, 5) is 13.8. The van der Waals surface area contributed by atoms with E-state index in [4.69, 9.17) is 10.5 Å². The first kappa shape index (κ1) is 17.3. The predicted octanol–water partition coefficient (Wildman–Crippen LogP) is 1.67. The molecule has 5 heteroatoms. The first-order valence-corrected chi connectivity index (χ1v) is 7.45. The zero-order valence-electron chi connectivity index (χ0n) is 13.3. The molecule has 118 valence electrons. The number of nitrogens with zero attached hydrogens (tertiary/aromatic N) is 1. The zero-order valence-corrected chi connectivity index (χ0v) is 13.3. The zero-order chi connectivity index (χ0) is 15.7. The predicted molar refractivity (Wildman–Crippen MR) is 86.5 cm³/mol. The van der Waals surface area contributed by atoms with Crippen LogP contribution in [0.3, 0.4) is 0 Å². The Morgan fingerprint density at radius 2 is 2.14 bits per heavy atom. The Hall–Kier alpha value is -1.75. The van der Waals surface area contributed by atoms with E-state index in [1.165, 1.54) is 0 Å². The summed E-state index contributed by atoms with van der Waals surface area (Å²) in [5.41, 5.74) is 7.59. The van der Waals surface area contributed by atoms with Crippen molar-refractivity contribution in [3.05, 3.63) is 23.8 Å². The summed E-state index contributed by atoms with van der Waals surface area (Å²) in [6.07, 6.45) is 2.14. The molecule has 0 bridgehead atoms. The highest BCUT2D eigenvalue weighted by molar-refractivity contribution is 5.76. The highest BCUT2D eigenvalue weighted by Gasteiger charge is 2.05. The third-order valence-electron chi connectivity index (χ3n) is 3.12. The van der Waals surface area contributed by atoms with Crippen LogP contribution in [0.5, 0.6) is 5.75 Å². The van der Waals surface area contributed by atoms with Crippen LogP contribution in [0.15, 0.2) is 18.2 Å². The molecule has 0 aliphatic heterocycles. The molecular formula is C16H27N3O2. The number of nitrogens with one attached hydrogen (secondary N) is 1. The number of nitrogen functional groups attached to an aromatic ring is 1. The number of ether oxygens (including phenoxy) is 1. The molecule has 0 aromatic heterocycles. The van der Waals surface area contributed by atoms with Gasteiger partial charge in [0.15, 0.2) is 0 Å². The number of rotatable bonds is 9. The van der Waals surface area contributed by atoms with E-state index >= 15 is 0 Å². The summed E-state index contributed by atoms with van der Waals surface area (Å²) < 4.78 is 5.39. The normalized spacial score (nSPS) is 10.7. The van der Waals surface area contributed by atoms with E-state index in [9.17, 15) is 4.79 Å². The van der Waals surface area contributed by atoms with Crippen LogP contribution in [0.4, 0.5) is 5.69 Å². The summed E-state index contributed by atoms with van der Waals surface area (Å²) in [7, 11) is 4.05. The van der Waals surface area contributed by atoms with Gasteiger partial charge < -0.3 is 20.7 Å². The maximum absolute atomic E-state index is 11.7. The van der Waals surface area contributed by atoms with Gasteiger partial charge in [0.25, 0.3) is 0 Å². The fourth-order valence-corrected chi connectivity index (χ4v) is 2.01. The first-order chi connectivity index (χ1) is 10.0. The standard InChI is InChI=1S/C16H27N3O2/c1-4-21-15-8-6-13(12-14(15)17)7-9-16(20)18-10-5-11-19(2)3/h6,8,12H,4-5,7,9-11,17H2,1-3H3,(H,18,20). The molecule has 0 radical (unpaired) electrons. The Bertz CT molecular complexity index is 447. The number of benzene rings is 1. The summed E-state index contributed by atoms with van der Waals surface area (Å²) in [5.74, 6) is 0.788. The SMILES string of the molecule is CCOc1ccc(CCC(=O)NCCCN(C)C)cc1N. The fourth-order valence-electron chi connectivity index (χ4n) is 2.01. The van der Waals surface area contributed by atoms with Crippen LogP contribution in [0.2, 0.25) is 0 Å². The van der Waals surface area contributed by atoms with E-state index in [0.717, 1.165) is 25.1 Å². The van der Waals surface area contributed by atoms with Gasteiger partial charge in [-0.2, -0.15) is 0 Å². The van der Waals surface area contributed by atoms with Gasteiger partial charge in [0.05, 0.1) is 12.3 Å². The third kappa shape index (κ3) is 6.99. The maximum atomic E-state index is 11.7. The average molecular weight is 293 g/mol. The Morgan fingerprint density at radius 3 is 2.76 bits per heavy atom. The molecule has 1 amide bonds. The molecule has 0 unspecified atom stereocenters. The van der Waals surface area contributed by atoms with Crippen LogP contribution in [0, 0.1) is 0 Å². The average Bonchev–Trinajstić information content (AvgIpc) is 2.44. The second-order valence-electron chi connectivity index (χ2n) is 5.31. The van der Waals surface area contributed by atoms with Gasteiger partial charge in [-0.05, 0) is 58.1 Å². The van der Waals surface area contributed by atoms with Gasteiger partial charge in [-0.1, -0.05) is 6.07 Å². The van der Waals surface area contributed by atoms with Crippen LogP contribution >= 0.6 is 0 Å². The molecule has 0 aliphatic rings. The molecule has 0 aliphatic carbocycles. The quantitative estimate of drug-likeness (QED) is 0.537. The second-order valence-corrected chi connectivity index (χ2v) is 5.31. The van der Waals surface area contributed by atoms with Crippen molar-refractivity contribution in [3.8, 4) is 5.75 Å². The largest absolute Gasteiger partial charge is 0.492 e. The highest BCUT2D eigenvalue weighted by Crippen LogP contribution is 2.23. The monoisotopic (exact) mass is 293 g/mol.